The number of halogens is 2. The number of ether oxygens (including phenoxy) is 1. The highest BCUT2D eigenvalue weighted by atomic mass is 32.1. The highest BCUT2D eigenvalue weighted by molar-refractivity contribution is 7.07. The molecule has 35 heavy (non-hydrogen) atoms. The first-order valence-electron chi connectivity index (χ1n) is 10.8. The average Bonchev–Trinajstić information content (AvgIpc) is 3.23. The first kappa shape index (κ1) is 22.7. The molecule has 1 aliphatic heterocycles. The molecule has 0 unspecified atom stereocenters. The van der Waals surface area contributed by atoms with Gasteiger partial charge in [-0.2, -0.15) is 5.10 Å². The van der Waals surface area contributed by atoms with Crippen LogP contribution >= 0.6 is 11.3 Å². The lowest BCUT2D eigenvalue weighted by atomic mass is 10.1. The second-order valence-corrected chi connectivity index (χ2v) is 8.92. The van der Waals surface area contributed by atoms with Crippen molar-refractivity contribution in [3.63, 3.8) is 0 Å². The number of thiazole rings is 1. The zero-order valence-corrected chi connectivity index (χ0v) is 19.7. The second-order valence-electron chi connectivity index (χ2n) is 8.08. The lowest BCUT2D eigenvalue weighted by molar-refractivity contribution is -0.118. The van der Waals surface area contributed by atoms with E-state index in [4.69, 9.17) is 9.73 Å². The number of hydrogen-bond donors (Lipinski definition) is 1. The quantitative estimate of drug-likeness (QED) is 0.381. The maximum absolute atomic E-state index is 13.7. The molecule has 1 N–H and O–H groups in total. The number of amides is 1. The zero-order valence-electron chi connectivity index (χ0n) is 18.9. The summed E-state index contributed by atoms with van der Waals surface area (Å²) in [5.74, 6) is -1.51. The van der Waals surface area contributed by atoms with Gasteiger partial charge < -0.3 is 10.1 Å². The number of hydrogen-bond acceptors (Lipinski definition) is 5. The number of anilines is 1. The van der Waals surface area contributed by atoms with Gasteiger partial charge in [-0.25, -0.2) is 18.4 Å². The molecule has 0 spiro atoms. The predicted octanol–water partition coefficient (Wildman–Crippen LogP) is 5.56. The van der Waals surface area contributed by atoms with Crippen molar-refractivity contribution in [2.75, 3.05) is 11.9 Å². The smallest absolute Gasteiger partial charge is 0.262 e. The van der Waals surface area contributed by atoms with Crippen molar-refractivity contribution in [2.24, 2.45) is 10.1 Å². The van der Waals surface area contributed by atoms with Crippen LogP contribution in [-0.2, 0) is 4.79 Å². The van der Waals surface area contributed by atoms with Crippen LogP contribution in [0.15, 0.2) is 70.1 Å². The predicted molar refractivity (Wildman–Crippen MR) is 132 cm³/mol. The van der Waals surface area contributed by atoms with Crippen molar-refractivity contribution >= 4 is 34.8 Å². The summed E-state index contributed by atoms with van der Waals surface area (Å²) in [5, 5.41) is 9.26. The van der Waals surface area contributed by atoms with Gasteiger partial charge in [-0.3, -0.25) is 4.79 Å². The molecule has 176 valence electrons. The molecule has 3 aromatic carbocycles. The molecule has 0 fully saturated rings. The lowest BCUT2D eigenvalue weighted by Gasteiger charge is -2.18. The maximum Gasteiger partial charge on any atom is 0.262 e. The van der Waals surface area contributed by atoms with E-state index in [-0.39, 0.29) is 12.5 Å². The fourth-order valence-electron chi connectivity index (χ4n) is 3.68. The Morgan fingerprint density at radius 1 is 1.06 bits per heavy atom. The Morgan fingerprint density at radius 3 is 2.71 bits per heavy atom. The molecule has 0 saturated carbocycles. The summed E-state index contributed by atoms with van der Waals surface area (Å²) in [6.45, 7) is 3.98. The standard InChI is InChI=1S/C26H20F2N4O2S/c1-15-3-7-21(16(2)9-15)31-26-32(29-12-17-4-6-19(27)20(28)10-17)23(14-35-26)18-5-8-24-22(11-18)30-25(33)13-34-24/h3-12,14H,13H2,1-2H3,(H,30,33). The maximum atomic E-state index is 13.7. The molecule has 1 aromatic heterocycles. The van der Waals surface area contributed by atoms with Crippen molar-refractivity contribution in [1.29, 1.82) is 0 Å². The number of fused-ring (bicyclic) bond motifs is 1. The second kappa shape index (κ2) is 9.27. The van der Waals surface area contributed by atoms with E-state index in [0.29, 0.717) is 27.5 Å². The number of aromatic nitrogens is 1. The van der Waals surface area contributed by atoms with Crippen LogP contribution in [0.1, 0.15) is 16.7 Å². The molecule has 0 atom stereocenters. The molecule has 0 radical (unpaired) electrons. The van der Waals surface area contributed by atoms with E-state index in [0.717, 1.165) is 34.5 Å². The van der Waals surface area contributed by atoms with Crippen molar-refractivity contribution < 1.29 is 18.3 Å². The van der Waals surface area contributed by atoms with E-state index < -0.39 is 11.6 Å². The van der Waals surface area contributed by atoms with Gasteiger partial charge in [0.05, 0.1) is 23.3 Å². The summed E-state index contributed by atoms with van der Waals surface area (Å²) >= 11 is 1.39. The van der Waals surface area contributed by atoms with Crippen LogP contribution in [0.25, 0.3) is 11.3 Å². The molecule has 0 aliphatic carbocycles. The number of nitrogens with zero attached hydrogens (tertiary/aromatic N) is 3. The Balaban J connectivity index is 1.64. The summed E-state index contributed by atoms with van der Waals surface area (Å²) < 4.78 is 34.2. The summed E-state index contributed by atoms with van der Waals surface area (Å²) in [4.78, 5) is 17.2. The number of carbonyl (C=O) groups is 1. The fraction of sp³-hybridized carbons (Fsp3) is 0.115. The number of benzene rings is 3. The monoisotopic (exact) mass is 490 g/mol. The van der Waals surface area contributed by atoms with Crippen LogP contribution in [0.3, 0.4) is 0 Å². The Bertz CT molecular complexity index is 1560. The molecular formula is C26H20F2N4O2S. The van der Waals surface area contributed by atoms with Gasteiger partial charge in [0.25, 0.3) is 5.91 Å². The van der Waals surface area contributed by atoms with Gasteiger partial charge >= 0.3 is 0 Å². The van der Waals surface area contributed by atoms with Gasteiger partial charge in [0.1, 0.15) is 5.75 Å². The molecule has 5 rings (SSSR count). The van der Waals surface area contributed by atoms with Crippen molar-refractivity contribution in [1.82, 2.24) is 4.68 Å². The zero-order chi connectivity index (χ0) is 24.5. The molecule has 1 amide bonds. The van der Waals surface area contributed by atoms with Crippen LogP contribution in [0.4, 0.5) is 20.2 Å². The SMILES string of the molecule is Cc1ccc(N=c2scc(-c3ccc4c(c3)NC(=O)CO4)n2N=Cc2ccc(F)c(F)c2)c(C)c1. The highest BCUT2D eigenvalue weighted by Gasteiger charge is 2.18. The van der Waals surface area contributed by atoms with Crippen LogP contribution in [0.5, 0.6) is 5.75 Å². The number of carbonyl (C=O) groups excluding carboxylic acids is 1. The van der Waals surface area contributed by atoms with Crippen LogP contribution < -0.4 is 14.9 Å². The average molecular weight is 491 g/mol. The third kappa shape index (κ3) is 4.76. The van der Waals surface area contributed by atoms with Crippen molar-refractivity contribution in [3.05, 3.63) is 93.1 Å². The van der Waals surface area contributed by atoms with E-state index >= 15 is 0 Å². The van der Waals surface area contributed by atoms with Gasteiger partial charge in [0, 0.05) is 10.9 Å². The molecular weight excluding hydrogens is 470 g/mol. The number of rotatable bonds is 4. The van der Waals surface area contributed by atoms with Crippen molar-refractivity contribution in [2.45, 2.75) is 13.8 Å². The minimum Gasteiger partial charge on any atom is -0.482 e. The Hall–Kier alpha value is -4.11. The molecule has 2 heterocycles. The highest BCUT2D eigenvalue weighted by Crippen LogP contribution is 2.33. The van der Waals surface area contributed by atoms with E-state index in [2.05, 4.69) is 16.5 Å². The van der Waals surface area contributed by atoms with E-state index in [1.807, 2.05) is 37.4 Å². The van der Waals surface area contributed by atoms with Crippen LogP contribution in [0.2, 0.25) is 0 Å². The molecule has 0 bridgehead atoms. The number of nitrogens with one attached hydrogen (secondary N) is 1. The molecule has 0 saturated heterocycles. The molecule has 9 heteroatoms. The van der Waals surface area contributed by atoms with Gasteiger partial charge in [-0.05, 0) is 61.4 Å². The lowest BCUT2D eigenvalue weighted by Crippen LogP contribution is -2.25. The van der Waals surface area contributed by atoms with Gasteiger partial charge in [0.2, 0.25) is 4.80 Å². The largest absolute Gasteiger partial charge is 0.482 e. The summed E-state index contributed by atoms with van der Waals surface area (Å²) in [7, 11) is 0. The van der Waals surface area contributed by atoms with Gasteiger partial charge in [-0.1, -0.05) is 23.8 Å². The molecule has 6 nitrogen and oxygen atoms in total. The first-order valence-corrected chi connectivity index (χ1v) is 11.6. The molecule has 1 aliphatic rings. The van der Waals surface area contributed by atoms with E-state index in [9.17, 15) is 13.6 Å². The van der Waals surface area contributed by atoms with Gasteiger partial charge in [0.15, 0.2) is 18.2 Å². The minimum absolute atomic E-state index is 0.0255. The van der Waals surface area contributed by atoms with Crippen molar-refractivity contribution in [3.8, 4) is 17.0 Å². The third-order valence-electron chi connectivity index (χ3n) is 5.43. The van der Waals surface area contributed by atoms with E-state index in [1.54, 1.807) is 16.8 Å². The van der Waals surface area contributed by atoms with Gasteiger partial charge in [-0.15, -0.1) is 11.3 Å². The van der Waals surface area contributed by atoms with E-state index in [1.165, 1.54) is 23.6 Å². The Kier molecular flexibility index (Phi) is 6.00. The first-order chi connectivity index (χ1) is 16.9. The van der Waals surface area contributed by atoms with Crippen LogP contribution in [-0.4, -0.2) is 23.4 Å². The summed E-state index contributed by atoms with van der Waals surface area (Å²) in [6, 6.07) is 15.0. The molecule has 4 aromatic rings. The summed E-state index contributed by atoms with van der Waals surface area (Å²) in [6.07, 6.45) is 1.45. The topological polar surface area (TPSA) is 68.0 Å². The van der Waals surface area contributed by atoms with Crippen LogP contribution in [0, 0.1) is 25.5 Å². The number of aryl methyl sites for hydroxylation is 2. The fourth-order valence-corrected chi connectivity index (χ4v) is 4.53. The normalized spacial score (nSPS) is 13.6. The Labute approximate surface area is 203 Å². The minimum atomic E-state index is -0.949. The third-order valence-corrected chi connectivity index (χ3v) is 6.24. The Morgan fingerprint density at radius 2 is 1.91 bits per heavy atom. The summed E-state index contributed by atoms with van der Waals surface area (Å²) in [5.41, 5.74) is 5.40.